The van der Waals surface area contributed by atoms with Gasteiger partial charge in [0.25, 0.3) is 0 Å². The van der Waals surface area contributed by atoms with E-state index in [1.807, 2.05) is 18.4 Å². The van der Waals surface area contributed by atoms with Gasteiger partial charge in [-0.1, -0.05) is 28.1 Å². The van der Waals surface area contributed by atoms with E-state index in [4.69, 9.17) is 0 Å². The third kappa shape index (κ3) is 2.83. The first kappa shape index (κ1) is 12.7. The number of aliphatic hydroxyl groups excluding tert-OH is 1. The molecule has 1 atom stereocenters. The number of aliphatic hydroxyl groups is 1. The number of hydrogen-bond acceptors (Lipinski definition) is 3. The predicted molar refractivity (Wildman–Crippen MR) is 66.9 cm³/mol. The van der Waals surface area contributed by atoms with Crippen LogP contribution in [0.2, 0.25) is 0 Å². The zero-order valence-corrected chi connectivity index (χ0v) is 11.1. The van der Waals surface area contributed by atoms with Gasteiger partial charge in [-0.3, -0.25) is 4.79 Å². The summed E-state index contributed by atoms with van der Waals surface area (Å²) in [5, 5.41) is 9.19. The minimum atomic E-state index is -0.226. The molecule has 0 heterocycles. The second-order valence-corrected chi connectivity index (χ2v) is 5.35. The van der Waals surface area contributed by atoms with Crippen molar-refractivity contribution in [1.82, 2.24) is 0 Å². The largest absolute Gasteiger partial charge is 0.392 e. The lowest BCUT2D eigenvalue weighted by Gasteiger charge is -2.12. The average molecular weight is 289 g/mol. The monoisotopic (exact) mass is 288 g/mol. The zero-order valence-electron chi connectivity index (χ0n) is 8.66. The Kier molecular flexibility index (Phi) is 4.83. The molecular weight excluding hydrogens is 276 g/mol. The van der Waals surface area contributed by atoms with Gasteiger partial charge in [-0.2, -0.15) is 0 Å². The van der Waals surface area contributed by atoms with Crippen LogP contribution in [0.25, 0.3) is 0 Å². The lowest BCUT2D eigenvalue weighted by Crippen LogP contribution is -2.14. The molecule has 0 aliphatic carbocycles. The second kappa shape index (κ2) is 5.68. The highest BCUT2D eigenvalue weighted by Gasteiger charge is 2.18. The van der Waals surface area contributed by atoms with Crippen molar-refractivity contribution in [3.8, 4) is 0 Å². The van der Waals surface area contributed by atoms with Crippen LogP contribution in [0, 0.1) is 0 Å². The molecule has 4 heteroatoms. The normalized spacial score (nSPS) is 12.5. The highest BCUT2D eigenvalue weighted by Crippen LogP contribution is 2.26. The molecule has 1 unspecified atom stereocenters. The van der Waals surface area contributed by atoms with Crippen LogP contribution in [0.5, 0.6) is 0 Å². The first-order chi connectivity index (χ1) is 7.11. The van der Waals surface area contributed by atoms with Crippen LogP contribution in [-0.4, -0.2) is 22.0 Å². The van der Waals surface area contributed by atoms with E-state index < -0.39 is 0 Å². The average Bonchev–Trinajstić information content (AvgIpc) is 2.26. The molecule has 15 heavy (non-hydrogen) atoms. The Bertz CT molecular complexity index is 341. The van der Waals surface area contributed by atoms with Gasteiger partial charge in [0, 0.05) is 10.5 Å². The van der Waals surface area contributed by atoms with Crippen molar-refractivity contribution in [2.45, 2.75) is 23.3 Å². The summed E-state index contributed by atoms with van der Waals surface area (Å²) in [6, 6.07) is 5.53. The van der Waals surface area contributed by atoms with Gasteiger partial charge in [0.15, 0.2) is 5.78 Å². The fourth-order valence-corrected chi connectivity index (χ4v) is 2.24. The molecule has 0 saturated carbocycles. The van der Waals surface area contributed by atoms with Gasteiger partial charge in [-0.05, 0) is 24.8 Å². The summed E-state index contributed by atoms with van der Waals surface area (Å²) in [4.78, 5) is 12.6. The number of thioether (sulfide) groups is 1. The Morgan fingerprint density at radius 1 is 1.60 bits per heavy atom. The number of carbonyl (C=O) groups excluding carboxylic acids is 1. The highest BCUT2D eigenvalue weighted by atomic mass is 79.9. The van der Waals surface area contributed by atoms with Crippen LogP contribution in [-0.2, 0) is 6.61 Å². The number of ketones is 1. The molecule has 1 rings (SSSR count). The number of carbonyl (C=O) groups is 1. The molecule has 0 aliphatic rings. The van der Waals surface area contributed by atoms with Crippen molar-refractivity contribution in [2.75, 3.05) is 6.26 Å². The molecule has 82 valence electrons. The predicted octanol–water partition coefficient (Wildman–Crippen LogP) is 2.87. The van der Waals surface area contributed by atoms with E-state index in [-0.39, 0.29) is 17.2 Å². The van der Waals surface area contributed by atoms with E-state index in [2.05, 4.69) is 15.9 Å². The summed E-state index contributed by atoms with van der Waals surface area (Å²) in [6.07, 6.45) is 1.92. The van der Waals surface area contributed by atoms with Crippen molar-refractivity contribution in [3.05, 3.63) is 29.3 Å². The van der Waals surface area contributed by atoms with Gasteiger partial charge in [0.05, 0.1) is 11.4 Å². The van der Waals surface area contributed by atoms with Crippen molar-refractivity contribution >= 4 is 33.5 Å². The Balaban J connectivity index is 3.28. The third-order valence-electron chi connectivity index (χ3n) is 2.11. The molecule has 2 nitrogen and oxygen atoms in total. The van der Waals surface area contributed by atoms with Gasteiger partial charge in [0.2, 0.25) is 0 Å². The number of Topliss-reactive ketones (excluding diaryl/α,β-unsaturated/α-hetero) is 1. The number of hydrogen-bond donors (Lipinski definition) is 1. The van der Waals surface area contributed by atoms with Crippen molar-refractivity contribution < 1.29 is 9.90 Å². The number of benzene rings is 1. The van der Waals surface area contributed by atoms with Gasteiger partial charge in [0.1, 0.15) is 0 Å². The van der Waals surface area contributed by atoms with Gasteiger partial charge in [-0.15, -0.1) is 11.8 Å². The fraction of sp³-hybridized carbons (Fsp3) is 0.364. The SMILES string of the molecule is CSc1cccc(CO)c1C(=O)C(C)Br. The highest BCUT2D eigenvalue weighted by molar-refractivity contribution is 9.10. The van der Waals surface area contributed by atoms with E-state index in [9.17, 15) is 9.90 Å². The maximum absolute atomic E-state index is 11.9. The summed E-state index contributed by atoms with van der Waals surface area (Å²) in [5.41, 5.74) is 1.33. The Morgan fingerprint density at radius 3 is 2.73 bits per heavy atom. The molecule has 1 N–H and O–H groups in total. The van der Waals surface area contributed by atoms with E-state index in [1.54, 1.807) is 13.0 Å². The van der Waals surface area contributed by atoms with Crippen LogP contribution in [0.4, 0.5) is 0 Å². The molecule has 0 radical (unpaired) electrons. The molecule has 0 bridgehead atoms. The van der Waals surface area contributed by atoms with Crippen LogP contribution in [0.1, 0.15) is 22.8 Å². The minimum absolute atomic E-state index is 0.0176. The van der Waals surface area contributed by atoms with Crippen LogP contribution in [0.3, 0.4) is 0 Å². The van der Waals surface area contributed by atoms with Gasteiger partial charge < -0.3 is 5.11 Å². The quantitative estimate of drug-likeness (QED) is 0.526. The van der Waals surface area contributed by atoms with Crippen molar-refractivity contribution in [3.63, 3.8) is 0 Å². The Hall–Kier alpha value is -0.320. The van der Waals surface area contributed by atoms with Crippen LogP contribution in [0.15, 0.2) is 23.1 Å². The molecule has 1 aromatic rings. The zero-order chi connectivity index (χ0) is 11.4. The molecule has 0 spiro atoms. The molecule has 0 aliphatic heterocycles. The topological polar surface area (TPSA) is 37.3 Å². The molecular formula is C11H13BrO2S. The lowest BCUT2D eigenvalue weighted by atomic mass is 10.0. The first-order valence-electron chi connectivity index (χ1n) is 4.56. The third-order valence-corrected chi connectivity index (χ3v) is 3.31. The molecule has 0 aromatic heterocycles. The van der Waals surface area contributed by atoms with Crippen molar-refractivity contribution in [1.29, 1.82) is 0 Å². The maximum Gasteiger partial charge on any atom is 0.177 e. The van der Waals surface area contributed by atoms with Crippen molar-refractivity contribution in [2.24, 2.45) is 0 Å². The van der Waals surface area contributed by atoms with Gasteiger partial charge in [-0.25, -0.2) is 0 Å². The Morgan fingerprint density at radius 2 is 2.27 bits per heavy atom. The van der Waals surface area contributed by atoms with E-state index >= 15 is 0 Å². The standard InChI is InChI=1S/C11H13BrO2S/c1-7(12)11(14)10-8(6-13)4-3-5-9(10)15-2/h3-5,7,13H,6H2,1-2H3. The fourth-order valence-electron chi connectivity index (χ4n) is 1.36. The number of rotatable bonds is 4. The van der Waals surface area contributed by atoms with E-state index in [0.717, 1.165) is 4.90 Å². The molecule has 0 amide bonds. The summed E-state index contributed by atoms with van der Waals surface area (Å²) in [5.74, 6) is 0.0176. The molecule has 0 saturated heterocycles. The summed E-state index contributed by atoms with van der Waals surface area (Å²) in [6.45, 7) is 1.69. The van der Waals surface area contributed by atoms with E-state index in [0.29, 0.717) is 11.1 Å². The lowest BCUT2D eigenvalue weighted by molar-refractivity contribution is 0.0990. The minimum Gasteiger partial charge on any atom is -0.392 e. The first-order valence-corrected chi connectivity index (χ1v) is 6.70. The maximum atomic E-state index is 11.9. The summed E-state index contributed by atoms with van der Waals surface area (Å²) >= 11 is 4.78. The Labute approximate surface area is 102 Å². The smallest absolute Gasteiger partial charge is 0.177 e. The number of halogens is 1. The molecule has 1 aromatic carbocycles. The summed E-state index contributed by atoms with van der Waals surface area (Å²) in [7, 11) is 0. The van der Waals surface area contributed by atoms with Gasteiger partial charge >= 0.3 is 0 Å². The molecule has 0 fully saturated rings. The van der Waals surface area contributed by atoms with E-state index in [1.165, 1.54) is 11.8 Å². The summed E-state index contributed by atoms with van der Waals surface area (Å²) < 4.78 is 0. The second-order valence-electron chi connectivity index (χ2n) is 3.13. The van der Waals surface area contributed by atoms with Crippen LogP contribution >= 0.6 is 27.7 Å². The van der Waals surface area contributed by atoms with Crippen LogP contribution < -0.4 is 0 Å². The number of alkyl halides is 1.